The van der Waals surface area contributed by atoms with Gasteiger partial charge in [0.15, 0.2) is 0 Å². The molecule has 198 valence electrons. The van der Waals surface area contributed by atoms with Crippen LogP contribution in [0.4, 0.5) is 5.69 Å². The fraction of sp³-hybridized carbons (Fsp3) is 0.108. The zero-order valence-corrected chi connectivity index (χ0v) is 23.3. The smallest absolute Gasteiger partial charge is 0.129 e. The van der Waals surface area contributed by atoms with Crippen molar-refractivity contribution in [2.45, 2.75) is 26.2 Å². The second-order valence-electron chi connectivity index (χ2n) is 10.6. The zero-order valence-electron chi connectivity index (χ0n) is 23.3. The van der Waals surface area contributed by atoms with Crippen molar-refractivity contribution >= 4 is 17.2 Å². The summed E-state index contributed by atoms with van der Waals surface area (Å²) in [4.78, 5) is 0. The van der Waals surface area contributed by atoms with E-state index in [4.69, 9.17) is 11.1 Å². The molecular weight excluding hydrogens is 486 g/mol. The lowest BCUT2D eigenvalue weighted by Crippen LogP contribution is -2.28. The molecule has 0 fully saturated rings. The lowest BCUT2D eigenvalue weighted by molar-refractivity contribution is 0.623. The molecule has 0 bridgehead atoms. The van der Waals surface area contributed by atoms with Crippen LogP contribution in [0.1, 0.15) is 37.5 Å². The molecular formula is C37H35N3. The molecule has 0 radical (unpaired) electrons. The van der Waals surface area contributed by atoms with E-state index < -0.39 is 0 Å². The molecule has 5 aromatic rings. The molecule has 0 aliphatic rings. The molecule has 3 nitrogen and oxygen atoms in total. The van der Waals surface area contributed by atoms with Gasteiger partial charge in [0.05, 0.1) is 0 Å². The zero-order chi connectivity index (χ0) is 28.1. The van der Waals surface area contributed by atoms with Gasteiger partial charge in [-0.15, -0.1) is 0 Å². The van der Waals surface area contributed by atoms with E-state index in [2.05, 4.69) is 111 Å². The van der Waals surface area contributed by atoms with Gasteiger partial charge in [-0.25, -0.2) is 0 Å². The van der Waals surface area contributed by atoms with Crippen LogP contribution < -0.4 is 11.1 Å². The van der Waals surface area contributed by atoms with Crippen LogP contribution in [0.25, 0.3) is 28.0 Å². The molecule has 0 saturated carbocycles. The first-order valence-electron chi connectivity index (χ1n) is 13.6. The van der Waals surface area contributed by atoms with E-state index in [-0.39, 0.29) is 5.41 Å². The first kappa shape index (κ1) is 26.7. The Kier molecular flexibility index (Phi) is 7.65. The van der Waals surface area contributed by atoms with Crippen LogP contribution in [0, 0.1) is 5.41 Å². The van der Waals surface area contributed by atoms with Crippen LogP contribution in [0.2, 0.25) is 0 Å². The summed E-state index contributed by atoms with van der Waals surface area (Å²) in [6.45, 7) is 6.64. The highest BCUT2D eigenvalue weighted by atomic mass is 15.0. The maximum atomic E-state index is 9.03. The Morgan fingerprint density at radius 2 is 1.00 bits per heavy atom. The highest BCUT2D eigenvalue weighted by molar-refractivity contribution is 6.02. The standard InChI is InChI=1S/C37H35N3/c1-26(37(2,3)33-12-8-5-9-13-33)35(31-18-14-28(15-19-31)27-10-6-4-7-11-27)40-36(39)32-20-16-29(17-21-32)30-22-24-34(38)25-23-30/h4-25H,38H2,1-3H3,(H2,39,40)/b35-26-. The van der Waals surface area contributed by atoms with Gasteiger partial charge in [-0.1, -0.05) is 135 Å². The van der Waals surface area contributed by atoms with Gasteiger partial charge < -0.3 is 11.1 Å². The number of nitrogens with one attached hydrogen (secondary N) is 2. The Morgan fingerprint density at radius 1 is 0.575 bits per heavy atom. The molecule has 0 heterocycles. The maximum Gasteiger partial charge on any atom is 0.129 e. The minimum absolute atomic E-state index is 0.249. The molecule has 0 amide bonds. The van der Waals surface area contributed by atoms with Crippen molar-refractivity contribution in [1.29, 1.82) is 5.41 Å². The Balaban J connectivity index is 1.49. The summed E-state index contributed by atoms with van der Waals surface area (Å²) in [6, 6.07) is 45.5. The van der Waals surface area contributed by atoms with E-state index in [0.717, 1.165) is 44.8 Å². The lowest BCUT2D eigenvalue weighted by Gasteiger charge is -2.30. The van der Waals surface area contributed by atoms with Crippen molar-refractivity contribution in [3.05, 3.63) is 156 Å². The summed E-state index contributed by atoms with van der Waals surface area (Å²) in [5.41, 5.74) is 16.1. The summed E-state index contributed by atoms with van der Waals surface area (Å²) < 4.78 is 0. The predicted molar refractivity (Wildman–Crippen MR) is 170 cm³/mol. The maximum absolute atomic E-state index is 9.03. The quantitative estimate of drug-likeness (QED) is 0.114. The third-order valence-corrected chi connectivity index (χ3v) is 7.76. The van der Waals surface area contributed by atoms with Crippen LogP contribution in [0.3, 0.4) is 0 Å². The number of nitrogens with two attached hydrogens (primary N) is 1. The van der Waals surface area contributed by atoms with Crippen molar-refractivity contribution in [1.82, 2.24) is 5.32 Å². The predicted octanol–water partition coefficient (Wildman–Crippen LogP) is 8.93. The van der Waals surface area contributed by atoms with Gasteiger partial charge in [0.1, 0.15) is 5.84 Å². The molecule has 0 aliphatic heterocycles. The van der Waals surface area contributed by atoms with Crippen molar-refractivity contribution in [3.8, 4) is 22.3 Å². The molecule has 40 heavy (non-hydrogen) atoms. The topological polar surface area (TPSA) is 61.9 Å². The molecule has 0 aromatic heterocycles. The lowest BCUT2D eigenvalue weighted by atomic mass is 9.76. The number of hydrogen-bond acceptors (Lipinski definition) is 2. The van der Waals surface area contributed by atoms with E-state index in [1.807, 2.05) is 48.5 Å². The van der Waals surface area contributed by atoms with Crippen molar-refractivity contribution < 1.29 is 0 Å². The first-order valence-corrected chi connectivity index (χ1v) is 13.6. The Bertz CT molecular complexity index is 1610. The van der Waals surface area contributed by atoms with Crippen LogP contribution in [0.5, 0.6) is 0 Å². The highest BCUT2D eigenvalue weighted by Gasteiger charge is 2.26. The fourth-order valence-electron chi connectivity index (χ4n) is 4.93. The van der Waals surface area contributed by atoms with Crippen LogP contribution in [0.15, 0.2) is 139 Å². The van der Waals surface area contributed by atoms with E-state index in [0.29, 0.717) is 5.84 Å². The van der Waals surface area contributed by atoms with E-state index in [1.165, 1.54) is 11.1 Å². The van der Waals surface area contributed by atoms with Gasteiger partial charge in [-0.05, 0) is 58.0 Å². The number of benzene rings is 5. The third kappa shape index (κ3) is 5.74. The van der Waals surface area contributed by atoms with Gasteiger partial charge in [0, 0.05) is 22.4 Å². The number of rotatable bonds is 7. The van der Waals surface area contributed by atoms with Crippen LogP contribution in [-0.4, -0.2) is 5.84 Å². The van der Waals surface area contributed by atoms with Crippen LogP contribution in [-0.2, 0) is 5.41 Å². The summed E-state index contributed by atoms with van der Waals surface area (Å²) in [5, 5.41) is 12.5. The number of nitrogen functional groups attached to an aromatic ring is 1. The number of anilines is 1. The average molecular weight is 522 g/mol. The van der Waals surface area contributed by atoms with Crippen molar-refractivity contribution in [2.75, 3.05) is 5.73 Å². The van der Waals surface area contributed by atoms with Gasteiger partial charge >= 0.3 is 0 Å². The SMILES string of the molecule is C/C(=C(/NC(=N)c1ccc(-c2ccc(N)cc2)cc1)c1ccc(-c2ccccc2)cc1)C(C)(C)c1ccccc1. The molecule has 0 saturated heterocycles. The molecule has 0 spiro atoms. The minimum atomic E-state index is -0.249. The van der Waals surface area contributed by atoms with Gasteiger partial charge in [-0.2, -0.15) is 0 Å². The second-order valence-corrected chi connectivity index (χ2v) is 10.6. The molecule has 0 atom stereocenters. The third-order valence-electron chi connectivity index (χ3n) is 7.76. The monoisotopic (exact) mass is 521 g/mol. The largest absolute Gasteiger partial charge is 0.399 e. The molecule has 3 heteroatoms. The van der Waals surface area contributed by atoms with Crippen molar-refractivity contribution in [3.63, 3.8) is 0 Å². The number of amidine groups is 1. The molecule has 4 N–H and O–H groups in total. The second kappa shape index (κ2) is 11.5. The Labute approximate surface area is 237 Å². The summed E-state index contributed by atoms with van der Waals surface area (Å²) in [7, 11) is 0. The molecule has 5 rings (SSSR count). The summed E-state index contributed by atoms with van der Waals surface area (Å²) in [6.07, 6.45) is 0. The Morgan fingerprint density at radius 3 is 1.52 bits per heavy atom. The normalized spacial score (nSPS) is 12.0. The molecule has 5 aromatic carbocycles. The first-order chi connectivity index (χ1) is 19.3. The van der Waals surface area contributed by atoms with Gasteiger partial charge in [0.2, 0.25) is 0 Å². The van der Waals surface area contributed by atoms with E-state index >= 15 is 0 Å². The van der Waals surface area contributed by atoms with Crippen molar-refractivity contribution in [2.24, 2.45) is 0 Å². The van der Waals surface area contributed by atoms with Gasteiger partial charge in [-0.3, -0.25) is 5.41 Å². The fourth-order valence-corrected chi connectivity index (χ4v) is 4.93. The average Bonchev–Trinajstić information content (AvgIpc) is 3.01. The van der Waals surface area contributed by atoms with Gasteiger partial charge in [0.25, 0.3) is 0 Å². The number of hydrogen-bond donors (Lipinski definition) is 3. The summed E-state index contributed by atoms with van der Waals surface area (Å²) >= 11 is 0. The number of allylic oxidation sites excluding steroid dienone is 1. The van der Waals surface area contributed by atoms with E-state index in [1.54, 1.807) is 0 Å². The van der Waals surface area contributed by atoms with E-state index in [9.17, 15) is 0 Å². The summed E-state index contributed by atoms with van der Waals surface area (Å²) in [5.74, 6) is 0.356. The molecule has 0 unspecified atom stereocenters. The highest BCUT2D eigenvalue weighted by Crippen LogP contribution is 2.36. The minimum Gasteiger partial charge on any atom is -0.399 e. The molecule has 0 aliphatic carbocycles. The van der Waals surface area contributed by atoms with Crippen LogP contribution >= 0.6 is 0 Å². The Hall–Kier alpha value is -4.89.